The Morgan fingerprint density at radius 2 is 1.86 bits per heavy atom. The van der Waals surface area contributed by atoms with E-state index in [1.54, 1.807) is 13.2 Å². The number of aromatic nitrogens is 2. The number of hydrogen-bond acceptors (Lipinski definition) is 4. The molecule has 1 aliphatic rings. The maximum absolute atomic E-state index is 13.1. The van der Waals surface area contributed by atoms with Gasteiger partial charge < -0.3 is 10.1 Å². The van der Waals surface area contributed by atoms with E-state index in [1.807, 2.05) is 48.5 Å². The first-order chi connectivity index (χ1) is 13.6. The summed E-state index contributed by atoms with van der Waals surface area (Å²) in [6.07, 6.45) is 4.09. The van der Waals surface area contributed by atoms with Crippen molar-refractivity contribution in [3.8, 4) is 17.0 Å². The quantitative estimate of drug-likeness (QED) is 0.671. The van der Waals surface area contributed by atoms with Crippen LogP contribution in [0.3, 0.4) is 0 Å². The molecule has 1 saturated carbocycles. The molecule has 5 nitrogen and oxygen atoms in total. The second-order valence-electron chi connectivity index (χ2n) is 6.89. The summed E-state index contributed by atoms with van der Waals surface area (Å²) in [7, 11) is 1.62. The fraction of sp³-hybridized carbons (Fsp3) is 0.227. The molecule has 1 aliphatic carbocycles. The minimum Gasteiger partial charge on any atom is -0.496 e. The van der Waals surface area contributed by atoms with Gasteiger partial charge in [0.05, 0.1) is 18.2 Å². The van der Waals surface area contributed by atoms with Crippen LogP contribution < -0.4 is 10.1 Å². The molecule has 1 heterocycles. The van der Waals surface area contributed by atoms with Gasteiger partial charge in [-0.1, -0.05) is 42.3 Å². The molecule has 1 aromatic heterocycles. The normalized spacial score (nSPS) is 14.8. The number of anilines is 1. The average Bonchev–Trinajstić information content (AvgIpc) is 2.69. The fourth-order valence-corrected chi connectivity index (χ4v) is 3.74. The number of rotatable bonds is 5. The van der Waals surface area contributed by atoms with Crippen molar-refractivity contribution < 1.29 is 9.53 Å². The highest BCUT2D eigenvalue weighted by molar-refractivity contribution is 6.30. The molecule has 0 bridgehead atoms. The van der Waals surface area contributed by atoms with E-state index in [1.165, 1.54) is 6.33 Å². The molecule has 1 fully saturated rings. The molecular weight excluding hydrogens is 374 g/mol. The molecule has 2 aromatic carbocycles. The summed E-state index contributed by atoms with van der Waals surface area (Å²) in [6.45, 7) is 0. The van der Waals surface area contributed by atoms with Crippen LogP contribution in [0.2, 0.25) is 5.02 Å². The van der Waals surface area contributed by atoms with Crippen LogP contribution in [0.4, 0.5) is 5.82 Å². The molecule has 3 aromatic rings. The van der Waals surface area contributed by atoms with Crippen LogP contribution in [0.15, 0.2) is 60.9 Å². The first kappa shape index (κ1) is 18.4. The van der Waals surface area contributed by atoms with Gasteiger partial charge in [0.25, 0.3) is 0 Å². The summed E-state index contributed by atoms with van der Waals surface area (Å²) in [6, 6.07) is 16.9. The third-order valence-corrected chi connectivity index (χ3v) is 5.58. The van der Waals surface area contributed by atoms with Gasteiger partial charge in [0, 0.05) is 16.7 Å². The zero-order valence-corrected chi connectivity index (χ0v) is 16.2. The SMILES string of the molecule is COc1ccccc1-c1cc(NC(=O)C2(c3ccc(Cl)cc3)CCC2)ncn1. The van der Waals surface area contributed by atoms with E-state index in [0.717, 1.165) is 36.1 Å². The Morgan fingerprint density at radius 1 is 1.11 bits per heavy atom. The molecule has 0 unspecified atom stereocenters. The summed E-state index contributed by atoms with van der Waals surface area (Å²) in [4.78, 5) is 21.7. The molecule has 6 heteroatoms. The van der Waals surface area contributed by atoms with Crippen molar-refractivity contribution in [2.45, 2.75) is 24.7 Å². The molecule has 4 rings (SSSR count). The lowest BCUT2D eigenvalue weighted by Crippen LogP contribution is -2.46. The molecule has 142 valence electrons. The maximum Gasteiger partial charge on any atom is 0.236 e. The highest BCUT2D eigenvalue weighted by Gasteiger charge is 2.45. The predicted octanol–water partition coefficient (Wildman–Crippen LogP) is 4.87. The van der Waals surface area contributed by atoms with Crippen molar-refractivity contribution in [1.82, 2.24) is 9.97 Å². The Kier molecular flexibility index (Phi) is 5.01. The van der Waals surface area contributed by atoms with E-state index in [4.69, 9.17) is 16.3 Å². The summed E-state index contributed by atoms with van der Waals surface area (Å²) >= 11 is 6.00. The first-order valence-electron chi connectivity index (χ1n) is 9.15. The summed E-state index contributed by atoms with van der Waals surface area (Å²) in [5.74, 6) is 1.14. The van der Waals surface area contributed by atoms with Crippen LogP contribution in [0.25, 0.3) is 11.3 Å². The van der Waals surface area contributed by atoms with Crippen molar-refractivity contribution >= 4 is 23.3 Å². The number of carbonyl (C=O) groups is 1. The lowest BCUT2D eigenvalue weighted by atomic mass is 9.64. The number of benzene rings is 2. The van der Waals surface area contributed by atoms with Crippen LogP contribution >= 0.6 is 11.6 Å². The number of nitrogens with one attached hydrogen (secondary N) is 1. The van der Waals surface area contributed by atoms with Crippen LogP contribution in [0.5, 0.6) is 5.75 Å². The zero-order valence-electron chi connectivity index (χ0n) is 15.5. The molecule has 0 atom stereocenters. The third kappa shape index (κ3) is 3.34. The number of halogens is 1. The summed E-state index contributed by atoms with van der Waals surface area (Å²) in [5.41, 5.74) is 2.00. The van der Waals surface area contributed by atoms with Gasteiger partial charge in [-0.15, -0.1) is 0 Å². The Labute approximate surface area is 168 Å². The van der Waals surface area contributed by atoms with Gasteiger partial charge >= 0.3 is 0 Å². The smallest absolute Gasteiger partial charge is 0.236 e. The van der Waals surface area contributed by atoms with Crippen molar-refractivity contribution in [1.29, 1.82) is 0 Å². The maximum atomic E-state index is 13.1. The highest BCUT2D eigenvalue weighted by Crippen LogP contribution is 2.45. The molecule has 0 aliphatic heterocycles. The van der Waals surface area contributed by atoms with E-state index in [-0.39, 0.29) is 5.91 Å². The molecule has 0 saturated heterocycles. The van der Waals surface area contributed by atoms with E-state index in [2.05, 4.69) is 15.3 Å². The number of hydrogen-bond donors (Lipinski definition) is 1. The highest BCUT2D eigenvalue weighted by atomic mass is 35.5. The molecule has 1 N–H and O–H groups in total. The number of nitrogens with zero attached hydrogens (tertiary/aromatic N) is 2. The minimum absolute atomic E-state index is 0.0502. The van der Waals surface area contributed by atoms with E-state index < -0.39 is 5.41 Å². The third-order valence-electron chi connectivity index (χ3n) is 5.33. The Hall–Kier alpha value is -2.92. The lowest BCUT2D eigenvalue weighted by molar-refractivity contribution is -0.124. The first-order valence-corrected chi connectivity index (χ1v) is 9.53. The molecule has 0 spiro atoms. The van der Waals surface area contributed by atoms with Crippen LogP contribution in [-0.4, -0.2) is 23.0 Å². The minimum atomic E-state index is -0.528. The number of ether oxygens (including phenoxy) is 1. The van der Waals surface area contributed by atoms with Crippen LogP contribution in [-0.2, 0) is 10.2 Å². The van der Waals surface area contributed by atoms with Crippen LogP contribution in [0.1, 0.15) is 24.8 Å². The molecule has 0 radical (unpaired) electrons. The van der Waals surface area contributed by atoms with Gasteiger partial charge in [-0.05, 0) is 42.7 Å². The van der Waals surface area contributed by atoms with Gasteiger partial charge in [0.15, 0.2) is 0 Å². The Balaban J connectivity index is 1.60. The van der Waals surface area contributed by atoms with Crippen molar-refractivity contribution in [3.05, 3.63) is 71.5 Å². The molecule has 28 heavy (non-hydrogen) atoms. The number of para-hydroxylation sites is 1. The Morgan fingerprint density at radius 3 is 2.54 bits per heavy atom. The number of methoxy groups -OCH3 is 1. The van der Waals surface area contributed by atoms with Crippen molar-refractivity contribution in [2.24, 2.45) is 0 Å². The summed E-state index contributed by atoms with van der Waals surface area (Å²) in [5, 5.41) is 3.64. The van der Waals surface area contributed by atoms with E-state index >= 15 is 0 Å². The molecule has 1 amide bonds. The van der Waals surface area contributed by atoms with Crippen molar-refractivity contribution in [2.75, 3.05) is 12.4 Å². The lowest BCUT2D eigenvalue weighted by Gasteiger charge is -2.40. The number of carbonyl (C=O) groups excluding carboxylic acids is 1. The van der Waals surface area contributed by atoms with Gasteiger partial charge in [0.1, 0.15) is 17.9 Å². The van der Waals surface area contributed by atoms with Gasteiger partial charge in [-0.3, -0.25) is 4.79 Å². The zero-order chi connectivity index (χ0) is 19.6. The topological polar surface area (TPSA) is 64.1 Å². The van der Waals surface area contributed by atoms with Gasteiger partial charge in [-0.25, -0.2) is 9.97 Å². The fourth-order valence-electron chi connectivity index (χ4n) is 3.61. The number of amides is 1. The monoisotopic (exact) mass is 393 g/mol. The second kappa shape index (κ2) is 7.60. The van der Waals surface area contributed by atoms with Gasteiger partial charge in [0.2, 0.25) is 5.91 Å². The largest absolute Gasteiger partial charge is 0.496 e. The van der Waals surface area contributed by atoms with E-state index in [0.29, 0.717) is 16.5 Å². The summed E-state index contributed by atoms with van der Waals surface area (Å²) < 4.78 is 5.41. The Bertz CT molecular complexity index is 1000. The van der Waals surface area contributed by atoms with Crippen LogP contribution in [0, 0.1) is 0 Å². The average molecular weight is 394 g/mol. The van der Waals surface area contributed by atoms with Crippen molar-refractivity contribution in [3.63, 3.8) is 0 Å². The molecular formula is C22H20ClN3O2. The standard InChI is InChI=1S/C22H20ClN3O2/c1-28-19-6-3-2-5-17(19)18-13-20(25-14-24-18)26-21(27)22(11-4-12-22)15-7-9-16(23)10-8-15/h2-3,5-10,13-14H,4,11-12H2,1H3,(H,24,25,26,27). The predicted molar refractivity (Wildman–Crippen MR) is 110 cm³/mol. The second-order valence-corrected chi connectivity index (χ2v) is 7.32. The van der Waals surface area contributed by atoms with E-state index in [9.17, 15) is 4.79 Å². The van der Waals surface area contributed by atoms with Gasteiger partial charge in [-0.2, -0.15) is 0 Å².